The van der Waals surface area contributed by atoms with Crippen LogP contribution in [-0.2, 0) is 9.53 Å². The van der Waals surface area contributed by atoms with Crippen LogP contribution >= 0.6 is 0 Å². The quantitative estimate of drug-likeness (QED) is 0.618. The van der Waals surface area contributed by atoms with Crippen LogP contribution in [0.2, 0.25) is 0 Å². The van der Waals surface area contributed by atoms with Crippen molar-refractivity contribution in [1.82, 2.24) is 15.5 Å². The molecule has 0 aromatic rings. The maximum absolute atomic E-state index is 11.9. The molecule has 1 heterocycles. The number of aliphatic hydroxyl groups is 1. The minimum absolute atomic E-state index is 0.142. The molecule has 0 aliphatic carbocycles. The summed E-state index contributed by atoms with van der Waals surface area (Å²) in [7, 11) is 3.06. The monoisotopic (exact) mass is 273 g/mol. The van der Waals surface area contributed by atoms with E-state index in [2.05, 4.69) is 10.6 Å². The fourth-order valence-electron chi connectivity index (χ4n) is 1.98. The number of likely N-dealkylation sites (N-methyl/N-ethyl adjacent to an activating group) is 1. The maximum Gasteiger partial charge on any atom is 0.317 e. The van der Waals surface area contributed by atoms with Gasteiger partial charge in [0, 0.05) is 20.7 Å². The molecule has 1 rings (SSSR count). The van der Waals surface area contributed by atoms with Crippen molar-refractivity contribution in [2.75, 3.05) is 33.9 Å². The number of ether oxygens (including phenoxy) is 1. The van der Waals surface area contributed by atoms with E-state index in [0.717, 1.165) is 12.8 Å². The minimum atomic E-state index is -0.733. The molecule has 0 aromatic carbocycles. The molecular formula is C12H23N3O4. The fourth-order valence-corrected chi connectivity index (χ4v) is 1.98. The van der Waals surface area contributed by atoms with Gasteiger partial charge in [0.05, 0.1) is 19.3 Å². The number of carbonyl (C=O) groups is 2. The molecule has 7 heteroatoms. The predicted molar refractivity (Wildman–Crippen MR) is 69.7 cm³/mol. The SMILES string of the molecule is COC[C@H](O)CN(C)C(=O)N[C@@H]1CCCCNC1=O. The smallest absolute Gasteiger partial charge is 0.317 e. The first kappa shape index (κ1) is 15.7. The number of rotatable bonds is 5. The third kappa shape index (κ3) is 5.44. The van der Waals surface area contributed by atoms with Crippen LogP contribution in [0.15, 0.2) is 0 Å². The van der Waals surface area contributed by atoms with Crippen LogP contribution in [-0.4, -0.2) is 67.9 Å². The van der Waals surface area contributed by atoms with Gasteiger partial charge >= 0.3 is 6.03 Å². The number of nitrogens with one attached hydrogen (secondary N) is 2. The number of urea groups is 1. The molecule has 7 nitrogen and oxygen atoms in total. The second-order valence-corrected chi connectivity index (χ2v) is 4.78. The Balaban J connectivity index is 2.41. The molecule has 1 fully saturated rings. The van der Waals surface area contributed by atoms with E-state index in [0.29, 0.717) is 13.0 Å². The van der Waals surface area contributed by atoms with E-state index in [4.69, 9.17) is 4.74 Å². The number of methoxy groups -OCH3 is 1. The molecule has 2 atom stereocenters. The zero-order valence-electron chi connectivity index (χ0n) is 11.5. The van der Waals surface area contributed by atoms with Gasteiger partial charge in [0.25, 0.3) is 0 Å². The van der Waals surface area contributed by atoms with Gasteiger partial charge in [-0.05, 0) is 19.3 Å². The Hall–Kier alpha value is -1.34. The van der Waals surface area contributed by atoms with E-state index >= 15 is 0 Å². The molecular weight excluding hydrogens is 250 g/mol. The predicted octanol–water partition coefficient (Wildman–Crippen LogP) is -0.696. The molecule has 0 saturated carbocycles. The zero-order valence-corrected chi connectivity index (χ0v) is 11.5. The third-order valence-electron chi connectivity index (χ3n) is 3.02. The van der Waals surface area contributed by atoms with Crippen molar-refractivity contribution in [2.45, 2.75) is 31.4 Å². The summed E-state index contributed by atoms with van der Waals surface area (Å²) < 4.78 is 4.80. The van der Waals surface area contributed by atoms with Gasteiger partial charge in [-0.2, -0.15) is 0 Å². The van der Waals surface area contributed by atoms with Crippen molar-refractivity contribution in [3.8, 4) is 0 Å². The van der Waals surface area contributed by atoms with E-state index in [1.54, 1.807) is 7.05 Å². The highest BCUT2D eigenvalue weighted by Crippen LogP contribution is 2.05. The first-order chi connectivity index (χ1) is 9.04. The van der Waals surface area contributed by atoms with Gasteiger partial charge in [-0.1, -0.05) is 0 Å². The topological polar surface area (TPSA) is 90.9 Å². The van der Waals surface area contributed by atoms with Gasteiger partial charge in [0.15, 0.2) is 0 Å². The maximum atomic E-state index is 11.9. The molecule has 0 unspecified atom stereocenters. The summed E-state index contributed by atoms with van der Waals surface area (Å²) in [6, 6.07) is -0.853. The van der Waals surface area contributed by atoms with Crippen LogP contribution in [0, 0.1) is 0 Å². The Morgan fingerprint density at radius 1 is 1.63 bits per heavy atom. The number of amides is 3. The standard InChI is InChI=1S/C12H23N3O4/c1-15(7-9(16)8-19-2)12(18)14-10-5-3-4-6-13-11(10)17/h9-10,16H,3-8H2,1-2H3,(H,13,17)(H,14,18)/t9-,10-/m1/s1. The fraction of sp³-hybridized carbons (Fsp3) is 0.833. The second kappa shape index (κ2) is 7.96. The molecule has 0 radical (unpaired) electrons. The summed E-state index contributed by atoms with van der Waals surface area (Å²) in [4.78, 5) is 24.9. The van der Waals surface area contributed by atoms with Crippen LogP contribution in [0.5, 0.6) is 0 Å². The summed E-state index contributed by atoms with van der Waals surface area (Å²) in [5.74, 6) is -0.142. The number of aliphatic hydroxyl groups excluding tert-OH is 1. The van der Waals surface area contributed by atoms with Crippen molar-refractivity contribution in [3.05, 3.63) is 0 Å². The molecule has 3 N–H and O–H groups in total. The average molecular weight is 273 g/mol. The first-order valence-corrected chi connectivity index (χ1v) is 6.51. The van der Waals surface area contributed by atoms with E-state index < -0.39 is 12.1 Å². The summed E-state index contributed by atoms with van der Waals surface area (Å²) in [5.41, 5.74) is 0. The molecule has 3 amide bonds. The van der Waals surface area contributed by atoms with Crippen LogP contribution < -0.4 is 10.6 Å². The molecule has 1 saturated heterocycles. The van der Waals surface area contributed by atoms with Gasteiger partial charge in [-0.25, -0.2) is 4.79 Å². The van der Waals surface area contributed by atoms with Crippen LogP contribution in [0.25, 0.3) is 0 Å². The third-order valence-corrected chi connectivity index (χ3v) is 3.02. The normalized spacial score (nSPS) is 21.2. The van der Waals surface area contributed by atoms with Crippen LogP contribution in [0.3, 0.4) is 0 Å². The summed E-state index contributed by atoms with van der Waals surface area (Å²) in [6.45, 7) is 0.989. The summed E-state index contributed by atoms with van der Waals surface area (Å²) in [6.07, 6.45) is 1.75. The van der Waals surface area contributed by atoms with Gasteiger partial charge in [-0.3, -0.25) is 4.79 Å². The molecule has 1 aliphatic heterocycles. The van der Waals surface area contributed by atoms with Gasteiger partial charge in [-0.15, -0.1) is 0 Å². The number of hydrogen-bond donors (Lipinski definition) is 3. The lowest BCUT2D eigenvalue weighted by molar-refractivity contribution is -0.122. The van der Waals surface area contributed by atoms with Gasteiger partial charge in [0.1, 0.15) is 6.04 Å². The summed E-state index contributed by atoms with van der Waals surface area (Å²) >= 11 is 0. The lowest BCUT2D eigenvalue weighted by Gasteiger charge is -2.23. The molecule has 0 bridgehead atoms. The molecule has 110 valence electrons. The minimum Gasteiger partial charge on any atom is -0.389 e. The van der Waals surface area contributed by atoms with Gasteiger partial charge < -0.3 is 25.4 Å². The van der Waals surface area contributed by atoms with E-state index in [1.807, 2.05) is 0 Å². The summed E-state index contributed by atoms with van der Waals surface area (Å²) in [5, 5.41) is 15.0. The van der Waals surface area contributed by atoms with E-state index in [1.165, 1.54) is 12.0 Å². The van der Waals surface area contributed by atoms with Crippen molar-refractivity contribution in [2.24, 2.45) is 0 Å². The number of nitrogens with zero attached hydrogens (tertiary/aromatic N) is 1. The van der Waals surface area contributed by atoms with Crippen molar-refractivity contribution < 1.29 is 19.4 Å². The molecule has 19 heavy (non-hydrogen) atoms. The van der Waals surface area contributed by atoms with Crippen molar-refractivity contribution >= 4 is 11.9 Å². The average Bonchev–Trinajstić information content (AvgIpc) is 2.55. The Labute approximate surface area is 113 Å². The second-order valence-electron chi connectivity index (χ2n) is 4.78. The van der Waals surface area contributed by atoms with E-state index in [-0.39, 0.29) is 25.1 Å². The first-order valence-electron chi connectivity index (χ1n) is 6.51. The largest absolute Gasteiger partial charge is 0.389 e. The zero-order chi connectivity index (χ0) is 14.3. The lowest BCUT2D eigenvalue weighted by atomic mass is 10.1. The highest BCUT2D eigenvalue weighted by atomic mass is 16.5. The van der Waals surface area contributed by atoms with Crippen molar-refractivity contribution in [3.63, 3.8) is 0 Å². The molecule has 0 aromatic heterocycles. The highest BCUT2D eigenvalue weighted by molar-refractivity contribution is 5.87. The molecule has 0 spiro atoms. The van der Waals surface area contributed by atoms with Crippen molar-refractivity contribution in [1.29, 1.82) is 0 Å². The number of carbonyl (C=O) groups excluding carboxylic acids is 2. The molecule has 1 aliphatic rings. The van der Waals surface area contributed by atoms with E-state index in [9.17, 15) is 14.7 Å². The Bertz CT molecular complexity index is 311. The lowest BCUT2D eigenvalue weighted by Crippen LogP contribution is -2.51. The Morgan fingerprint density at radius 3 is 3.05 bits per heavy atom. The van der Waals surface area contributed by atoms with Crippen LogP contribution in [0.1, 0.15) is 19.3 Å². The highest BCUT2D eigenvalue weighted by Gasteiger charge is 2.24. The van der Waals surface area contributed by atoms with Gasteiger partial charge in [0.2, 0.25) is 5.91 Å². The Kier molecular flexibility index (Phi) is 6.58. The number of hydrogen-bond acceptors (Lipinski definition) is 4. The van der Waals surface area contributed by atoms with Crippen LogP contribution in [0.4, 0.5) is 4.79 Å². The Morgan fingerprint density at radius 2 is 2.37 bits per heavy atom.